The Balaban J connectivity index is 1.65. The number of hydroxylamine groups is 2. The maximum Gasteiger partial charge on any atom is 0.346 e. The molecule has 1 fully saturated rings. The second kappa shape index (κ2) is 4.44. The molecule has 2 aliphatic rings. The molecule has 5 heteroatoms. The number of anilines is 1. The van der Waals surface area contributed by atoms with Crippen LogP contribution in [0.5, 0.6) is 0 Å². The first kappa shape index (κ1) is 11.3. The minimum atomic E-state index is -0.261. The fraction of sp³-hybridized carbons (Fsp3) is 0.308. The van der Waals surface area contributed by atoms with Crippen LogP contribution in [0.25, 0.3) is 0 Å². The van der Waals surface area contributed by atoms with Crippen LogP contribution < -0.4 is 5.32 Å². The van der Waals surface area contributed by atoms with Crippen molar-refractivity contribution in [3.05, 3.63) is 42.0 Å². The van der Waals surface area contributed by atoms with Gasteiger partial charge in [0, 0.05) is 12.1 Å². The number of amides is 2. The van der Waals surface area contributed by atoms with Gasteiger partial charge in [0.2, 0.25) is 0 Å². The summed E-state index contributed by atoms with van der Waals surface area (Å²) >= 11 is 0. The lowest BCUT2D eigenvalue weighted by atomic mass is 10.2. The van der Waals surface area contributed by atoms with Crippen molar-refractivity contribution in [3.8, 4) is 0 Å². The van der Waals surface area contributed by atoms with E-state index in [4.69, 9.17) is 9.94 Å². The average Bonchev–Trinajstić information content (AvgIpc) is 3.02. The number of urea groups is 1. The quantitative estimate of drug-likeness (QED) is 0.780. The SMILES string of the molecule is O=C(Nc1ccc(CO)cc1)N1OC2C=CC1C2. The van der Waals surface area contributed by atoms with Crippen molar-refractivity contribution in [2.75, 3.05) is 5.32 Å². The van der Waals surface area contributed by atoms with Gasteiger partial charge in [0.1, 0.15) is 6.10 Å². The van der Waals surface area contributed by atoms with E-state index in [-0.39, 0.29) is 24.8 Å². The van der Waals surface area contributed by atoms with Crippen LogP contribution in [-0.4, -0.2) is 28.3 Å². The van der Waals surface area contributed by atoms with Gasteiger partial charge in [0.15, 0.2) is 0 Å². The molecule has 2 unspecified atom stereocenters. The number of hydrogen-bond donors (Lipinski definition) is 2. The predicted octanol–water partition coefficient (Wildman–Crippen LogP) is 1.66. The van der Waals surface area contributed by atoms with Crippen LogP contribution in [0, 0.1) is 0 Å². The smallest absolute Gasteiger partial charge is 0.346 e. The highest BCUT2D eigenvalue weighted by Crippen LogP contribution is 2.29. The molecule has 2 N–H and O–H groups in total. The number of rotatable bonds is 2. The van der Waals surface area contributed by atoms with E-state index in [1.165, 1.54) is 5.06 Å². The minimum absolute atomic E-state index is 0.00197. The van der Waals surface area contributed by atoms with E-state index < -0.39 is 0 Å². The number of nitrogens with zero attached hydrogens (tertiary/aromatic N) is 1. The van der Waals surface area contributed by atoms with Gasteiger partial charge >= 0.3 is 6.03 Å². The van der Waals surface area contributed by atoms with E-state index >= 15 is 0 Å². The second-order valence-electron chi connectivity index (χ2n) is 4.44. The highest BCUT2D eigenvalue weighted by atomic mass is 16.7. The van der Waals surface area contributed by atoms with Gasteiger partial charge in [-0.1, -0.05) is 24.3 Å². The Morgan fingerprint density at radius 3 is 2.72 bits per heavy atom. The molecular formula is C13H14N2O3. The lowest BCUT2D eigenvalue weighted by Crippen LogP contribution is -2.38. The van der Waals surface area contributed by atoms with Crippen molar-refractivity contribution in [2.24, 2.45) is 0 Å². The van der Waals surface area contributed by atoms with Crippen LogP contribution in [0.15, 0.2) is 36.4 Å². The predicted molar refractivity (Wildman–Crippen MR) is 65.6 cm³/mol. The summed E-state index contributed by atoms with van der Waals surface area (Å²) in [5.41, 5.74) is 1.50. The van der Waals surface area contributed by atoms with E-state index in [0.29, 0.717) is 5.69 Å². The fourth-order valence-corrected chi connectivity index (χ4v) is 2.19. The second-order valence-corrected chi connectivity index (χ2v) is 4.44. The Morgan fingerprint density at radius 1 is 1.39 bits per heavy atom. The van der Waals surface area contributed by atoms with E-state index in [9.17, 15) is 4.79 Å². The Morgan fingerprint density at radius 2 is 2.17 bits per heavy atom. The highest BCUT2D eigenvalue weighted by Gasteiger charge is 2.38. The van der Waals surface area contributed by atoms with Crippen molar-refractivity contribution in [1.82, 2.24) is 5.06 Å². The molecule has 3 rings (SSSR count). The molecule has 0 aromatic heterocycles. The third-order valence-corrected chi connectivity index (χ3v) is 3.16. The van der Waals surface area contributed by atoms with Crippen LogP contribution in [0.2, 0.25) is 0 Å². The summed E-state index contributed by atoms with van der Waals surface area (Å²) in [5, 5.41) is 13.1. The lowest BCUT2D eigenvalue weighted by molar-refractivity contribution is -0.104. The minimum Gasteiger partial charge on any atom is -0.392 e. The Labute approximate surface area is 105 Å². The Bertz CT molecular complexity index is 484. The number of carbonyl (C=O) groups excluding carboxylic acids is 1. The maximum absolute atomic E-state index is 12.0. The van der Waals surface area contributed by atoms with Crippen LogP contribution in [0.3, 0.4) is 0 Å². The number of nitrogens with one attached hydrogen (secondary N) is 1. The Kier molecular flexibility index (Phi) is 2.77. The summed E-state index contributed by atoms with van der Waals surface area (Å²) in [7, 11) is 0. The summed E-state index contributed by atoms with van der Waals surface area (Å²) in [6.07, 6.45) is 4.85. The molecule has 5 nitrogen and oxygen atoms in total. The van der Waals surface area contributed by atoms with Crippen molar-refractivity contribution < 1.29 is 14.7 Å². The van der Waals surface area contributed by atoms with E-state index in [1.807, 2.05) is 12.2 Å². The molecule has 94 valence electrons. The third kappa shape index (κ3) is 1.98. The molecule has 2 amide bonds. The normalized spacial score (nSPS) is 24.6. The van der Waals surface area contributed by atoms with Crippen LogP contribution in [0.4, 0.5) is 10.5 Å². The summed E-state index contributed by atoms with van der Waals surface area (Å²) < 4.78 is 0. The van der Waals surface area contributed by atoms with Crippen molar-refractivity contribution >= 4 is 11.7 Å². The summed E-state index contributed by atoms with van der Waals surface area (Å²) in [4.78, 5) is 17.4. The molecule has 2 atom stereocenters. The molecule has 0 spiro atoms. The molecule has 1 heterocycles. The molecule has 0 radical (unpaired) electrons. The number of carbonyl (C=O) groups is 1. The topological polar surface area (TPSA) is 61.8 Å². The van der Waals surface area contributed by atoms with E-state index in [2.05, 4.69) is 5.32 Å². The van der Waals surface area contributed by atoms with Gasteiger partial charge in [0.05, 0.1) is 12.6 Å². The molecule has 1 aliphatic heterocycles. The lowest BCUT2D eigenvalue weighted by Gasteiger charge is -2.22. The zero-order valence-electron chi connectivity index (χ0n) is 9.74. The molecule has 1 aromatic carbocycles. The summed E-state index contributed by atoms with van der Waals surface area (Å²) in [5.74, 6) is 0. The molecule has 1 aromatic rings. The number of aliphatic hydroxyl groups is 1. The molecule has 0 saturated carbocycles. The van der Waals surface area contributed by atoms with Gasteiger partial charge in [-0.25, -0.2) is 4.79 Å². The molecule has 1 aliphatic carbocycles. The summed E-state index contributed by atoms with van der Waals surface area (Å²) in [6.45, 7) is -0.00197. The number of fused-ring (bicyclic) bond motifs is 2. The molecule has 1 saturated heterocycles. The van der Waals surface area contributed by atoms with Crippen LogP contribution in [-0.2, 0) is 11.4 Å². The first-order chi connectivity index (χ1) is 8.76. The highest BCUT2D eigenvalue weighted by molar-refractivity contribution is 5.89. The maximum atomic E-state index is 12.0. The standard InChI is InChI=1S/C13H14N2O3/c16-8-9-1-3-10(4-2-9)14-13(17)15-11-5-6-12(7-11)18-15/h1-6,11-12,16H,7-8H2,(H,14,17). The van der Waals surface area contributed by atoms with Gasteiger partial charge in [-0.15, -0.1) is 0 Å². The monoisotopic (exact) mass is 246 g/mol. The van der Waals surface area contributed by atoms with Crippen LogP contribution in [0.1, 0.15) is 12.0 Å². The van der Waals surface area contributed by atoms with Crippen molar-refractivity contribution in [3.63, 3.8) is 0 Å². The Hall–Kier alpha value is -1.85. The molecular weight excluding hydrogens is 232 g/mol. The van der Waals surface area contributed by atoms with Gasteiger partial charge in [-0.3, -0.25) is 4.84 Å². The zero-order chi connectivity index (χ0) is 12.5. The molecule has 18 heavy (non-hydrogen) atoms. The van der Waals surface area contributed by atoms with Gasteiger partial charge in [0.25, 0.3) is 0 Å². The third-order valence-electron chi connectivity index (χ3n) is 3.16. The summed E-state index contributed by atoms with van der Waals surface area (Å²) in [6, 6.07) is 6.84. The first-order valence-corrected chi connectivity index (χ1v) is 5.91. The number of hydrogen-bond acceptors (Lipinski definition) is 3. The van der Waals surface area contributed by atoms with Crippen molar-refractivity contribution in [2.45, 2.75) is 25.2 Å². The first-order valence-electron chi connectivity index (χ1n) is 5.91. The van der Waals surface area contributed by atoms with Crippen LogP contribution >= 0.6 is 0 Å². The van der Waals surface area contributed by atoms with Gasteiger partial charge < -0.3 is 10.4 Å². The number of benzene rings is 1. The average molecular weight is 246 g/mol. The van der Waals surface area contributed by atoms with Crippen molar-refractivity contribution in [1.29, 1.82) is 0 Å². The fourth-order valence-electron chi connectivity index (χ4n) is 2.19. The van der Waals surface area contributed by atoms with Gasteiger partial charge in [-0.05, 0) is 17.7 Å². The largest absolute Gasteiger partial charge is 0.392 e. The van der Waals surface area contributed by atoms with E-state index in [1.54, 1.807) is 24.3 Å². The van der Waals surface area contributed by atoms with E-state index in [0.717, 1.165) is 12.0 Å². The zero-order valence-corrected chi connectivity index (χ0v) is 9.74. The molecule has 2 bridgehead atoms. The number of aliphatic hydroxyl groups excluding tert-OH is 1. The van der Waals surface area contributed by atoms with Gasteiger partial charge in [-0.2, -0.15) is 5.06 Å².